The lowest BCUT2D eigenvalue weighted by Crippen LogP contribution is -2.39. The Kier molecular flexibility index (Phi) is 6.00. The maximum atomic E-state index is 12.3. The third-order valence-electron chi connectivity index (χ3n) is 5.40. The van der Waals surface area contributed by atoms with E-state index in [0.717, 1.165) is 25.2 Å². The van der Waals surface area contributed by atoms with Gasteiger partial charge in [-0.2, -0.15) is 9.97 Å². The molecule has 0 unspecified atom stereocenters. The van der Waals surface area contributed by atoms with Gasteiger partial charge in [-0.05, 0) is 42.5 Å². The Morgan fingerprint density at radius 3 is 2.55 bits per heavy atom. The summed E-state index contributed by atoms with van der Waals surface area (Å²) in [5.74, 6) is 0.690. The number of anilines is 3. The Morgan fingerprint density at radius 1 is 1.13 bits per heavy atom. The number of ether oxygens (including phenoxy) is 1. The molecule has 31 heavy (non-hydrogen) atoms. The molecule has 0 aliphatic carbocycles. The van der Waals surface area contributed by atoms with Crippen molar-refractivity contribution in [1.29, 1.82) is 0 Å². The number of hydrogen-bond acceptors (Lipinski definition) is 7. The lowest BCUT2D eigenvalue weighted by molar-refractivity contribution is -0.115. The average molecular weight is 425 g/mol. The van der Waals surface area contributed by atoms with Crippen LogP contribution in [0.15, 0.2) is 24.3 Å². The molecule has 1 aromatic carbocycles. The van der Waals surface area contributed by atoms with Gasteiger partial charge in [-0.1, -0.05) is 45.0 Å². The normalized spacial score (nSPS) is 16.9. The molecule has 3 N–H and O–H groups in total. The van der Waals surface area contributed by atoms with Crippen LogP contribution in [-0.4, -0.2) is 47.0 Å². The Hall–Kier alpha value is -2.87. The molecule has 1 saturated heterocycles. The van der Waals surface area contributed by atoms with Gasteiger partial charge < -0.3 is 20.7 Å². The second kappa shape index (κ2) is 8.70. The average Bonchev–Trinajstić information content (AvgIpc) is 3.20. The van der Waals surface area contributed by atoms with Crippen LogP contribution in [0.1, 0.15) is 44.7 Å². The zero-order valence-corrected chi connectivity index (χ0v) is 18.6. The van der Waals surface area contributed by atoms with Gasteiger partial charge in [0.05, 0.1) is 13.2 Å². The van der Waals surface area contributed by atoms with Crippen molar-refractivity contribution in [2.45, 2.75) is 46.7 Å². The van der Waals surface area contributed by atoms with E-state index in [4.69, 9.17) is 10.5 Å². The standard InChI is InChI=1S/C23H32N6O2/c1-23(2,3)15-31-22-26-20(24)19-21(27-22)29(14-18(30)25-19)13-17-8-6-7-16(11-17)12-28-9-4-5-10-28/h6-8,11H,4-5,9-10,12-15H2,1-3H3,(H,25,30)(H2,24,26,27). The first-order valence-corrected chi connectivity index (χ1v) is 10.9. The third-order valence-corrected chi connectivity index (χ3v) is 5.40. The van der Waals surface area contributed by atoms with Crippen LogP contribution >= 0.6 is 0 Å². The molecule has 3 heterocycles. The first kappa shape index (κ1) is 21.4. The maximum Gasteiger partial charge on any atom is 0.320 e. The molecule has 0 radical (unpaired) electrons. The summed E-state index contributed by atoms with van der Waals surface area (Å²) >= 11 is 0. The SMILES string of the molecule is CC(C)(C)COc1nc(N)c2c(n1)N(Cc1cccc(CN3CCCC3)c1)CC(=O)N2. The minimum absolute atomic E-state index is 0.0301. The van der Waals surface area contributed by atoms with E-state index < -0.39 is 0 Å². The molecular weight excluding hydrogens is 392 g/mol. The number of nitrogen functional groups attached to an aromatic ring is 1. The zero-order valence-electron chi connectivity index (χ0n) is 18.6. The zero-order chi connectivity index (χ0) is 22.0. The fourth-order valence-electron chi connectivity index (χ4n) is 3.94. The van der Waals surface area contributed by atoms with Crippen molar-refractivity contribution in [1.82, 2.24) is 14.9 Å². The molecule has 1 fully saturated rings. The molecule has 4 rings (SSSR count). The molecule has 1 amide bonds. The minimum atomic E-state index is -0.126. The third kappa shape index (κ3) is 5.44. The van der Waals surface area contributed by atoms with Gasteiger partial charge in [-0.25, -0.2) is 0 Å². The monoisotopic (exact) mass is 424 g/mol. The summed E-state index contributed by atoms with van der Waals surface area (Å²) < 4.78 is 5.79. The van der Waals surface area contributed by atoms with Gasteiger partial charge in [-0.15, -0.1) is 0 Å². The number of nitrogens with two attached hydrogens (primary N) is 1. The van der Waals surface area contributed by atoms with Crippen LogP contribution in [0, 0.1) is 5.41 Å². The van der Waals surface area contributed by atoms with Crippen LogP contribution in [0.25, 0.3) is 0 Å². The molecule has 2 aromatic rings. The highest BCUT2D eigenvalue weighted by molar-refractivity contribution is 6.03. The van der Waals surface area contributed by atoms with Crippen LogP contribution in [0.3, 0.4) is 0 Å². The van der Waals surface area contributed by atoms with Gasteiger partial charge in [0, 0.05) is 13.1 Å². The van der Waals surface area contributed by atoms with E-state index >= 15 is 0 Å². The van der Waals surface area contributed by atoms with E-state index in [0.29, 0.717) is 24.7 Å². The number of carbonyl (C=O) groups is 1. The smallest absolute Gasteiger partial charge is 0.320 e. The van der Waals surface area contributed by atoms with E-state index in [2.05, 4.69) is 65.2 Å². The summed E-state index contributed by atoms with van der Waals surface area (Å²) in [7, 11) is 0. The van der Waals surface area contributed by atoms with Crippen LogP contribution in [0.5, 0.6) is 6.01 Å². The van der Waals surface area contributed by atoms with E-state index in [1.807, 2.05) is 4.90 Å². The maximum absolute atomic E-state index is 12.3. The van der Waals surface area contributed by atoms with Crippen molar-refractivity contribution in [3.63, 3.8) is 0 Å². The molecule has 0 spiro atoms. The van der Waals surface area contributed by atoms with E-state index in [-0.39, 0.29) is 29.7 Å². The molecule has 2 aliphatic rings. The molecule has 0 bridgehead atoms. The summed E-state index contributed by atoms with van der Waals surface area (Å²) in [6.07, 6.45) is 2.56. The molecule has 8 heteroatoms. The second-order valence-electron chi connectivity index (χ2n) is 9.65. The Morgan fingerprint density at radius 2 is 1.84 bits per heavy atom. The van der Waals surface area contributed by atoms with Crippen molar-refractivity contribution >= 4 is 23.2 Å². The predicted octanol–water partition coefficient (Wildman–Crippen LogP) is 3.04. The number of nitrogens with one attached hydrogen (secondary N) is 1. The molecule has 8 nitrogen and oxygen atoms in total. The van der Waals surface area contributed by atoms with E-state index in [1.165, 1.54) is 18.4 Å². The first-order chi connectivity index (χ1) is 14.8. The van der Waals surface area contributed by atoms with Gasteiger partial charge in [0.25, 0.3) is 0 Å². The van der Waals surface area contributed by atoms with Crippen molar-refractivity contribution in [2.75, 3.05) is 42.2 Å². The Bertz CT molecular complexity index is 950. The minimum Gasteiger partial charge on any atom is -0.463 e. The number of aromatic nitrogens is 2. The van der Waals surface area contributed by atoms with Crippen molar-refractivity contribution in [3.8, 4) is 6.01 Å². The highest BCUT2D eigenvalue weighted by Gasteiger charge is 2.28. The largest absolute Gasteiger partial charge is 0.463 e. The Labute approximate surface area is 183 Å². The number of rotatable bonds is 6. The van der Waals surface area contributed by atoms with Crippen LogP contribution < -0.4 is 20.7 Å². The van der Waals surface area contributed by atoms with Gasteiger partial charge >= 0.3 is 6.01 Å². The number of likely N-dealkylation sites (tertiary alicyclic amines) is 1. The van der Waals surface area contributed by atoms with Crippen molar-refractivity contribution < 1.29 is 9.53 Å². The van der Waals surface area contributed by atoms with Crippen molar-refractivity contribution in [2.24, 2.45) is 5.41 Å². The van der Waals surface area contributed by atoms with E-state index in [1.54, 1.807) is 0 Å². The van der Waals surface area contributed by atoms with Gasteiger partial charge in [0.2, 0.25) is 5.91 Å². The lowest BCUT2D eigenvalue weighted by atomic mass is 9.99. The molecule has 2 aliphatic heterocycles. The number of hydrogen-bond donors (Lipinski definition) is 2. The summed E-state index contributed by atoms with van der Waals surface area (Å²) in [6, 6.07) is 8.78. The van der Waals surface area contributed by atoms with Gasteiger partial charge in [0.1, 0.15) is 5.69 Å². The number of amides is 1. The molecular formula is C23H32N6O2. The number of carbonyl (C=O) groups excluding carboxylic acids is 1. The summed E-state index contributed by atoms with van der Waals surface area (Å²) in [5.41, 5.74) is 8.98. The Balaban J connectivity index is 1.55. The summed E-state index contributed by atoms with van der Waals surface area (Å²) in [6.45, 7) is 10.8. The molecule has 0 atom stereocenters. The second-order valence-corrected chi connectivity index (χ2v) is 9.65. The number of benzene rings is 1. The number of nitrogens with zero attached hydrogens (tertiary/aromatic N) is 4. The van der Waals surface area contributed by atoms with Crippen LogP contribution in [0.4, 0.5) is 17.3 Å². The highest BCUT2D eigenvalue weighted by Crippen LogP contribution is 2.34. The summed E-state index contributed by atoms with van der Waals surface area (Å²) in [5, 5.41) is 2.81. The first-order valence-electron chi connectivity index (χ1n) is 10.9. The van der Waals surface area contributed by atoms with Gasteiger partial charge in [-0.3, -0.25) is 9.69 Å². The number of fused-ring (bicyclic) bond motifs is 1. The summed E-state index contributed by atoms with van der Waals surface area (Å²) in [4.78, 5) is 25.6. The molecule has 1 aromatic heterocycles. The highest BCUT2D eigenvalue weighted by atomic mass is 16.5. The lowest BCUT2D eigenvalue weighted by Gasteiger charge is -2.30. The van der Waals surface area contributed by atoms with Crippen LogP contribution in [0.2, 0.25) is 0 Å². The van der Waals surface area contributed by atoms with Crippen molar-refractivity contribution in [3.05, 3.63) is 35.4 Å². The van der Waals surface area contributed by atoms with E-state index in [9.17, 15) is 4.79 Å². The quantitative estimate of drug-likeness (QED) is 0.736. The fraction of sp³-hybridized carbons (Fsp3) is 0.522. The molecule has 166 valence electrons. The fourth-order valence-corrected chi connectivity index (χ4v) is 3.94. The topological polar surface area (TPSA) is 96.6 Å². The van der Waals surface area contributed by atoms with Crippen LogP contribution in [-0.2, 0) is 17.9 Å². The predicted molar refractivity (Wildman–Crippen MR) is 122 cm³/mol. The molecule has 0 saturated carbocycles. The van der Waals surface area contributed by atoms with Gasteiger partial charge in [0.15, 0.2) is 11.6 Å².